The summed E-state index contributed by atoms with van der Waals surface area (Å²) in [6.07, 6.45) is 0. The summed E-state index contributed by atoms with van der Waals surface area (Å²) in [5.41, 5.74) is 0.527. The van der Waals surface area contributed by atoms with Crippen molar-refractivity contribution in [2.75, 3.05) is 32.2 Å². The van der Waals surface area contributed by atoms with Crippen LogP contribution in [-0.4, -0.2) is 44.8 Å². The Hall–Kier alpha value is -2.41. The molecule has 114 valence electrons. The molecule has 0 aromatic heterocycles. The zero-order chi connectivity index (χ0) is 15.7. The molecule has 0 saturated carbocycles. The number of rotatable bonds is 7. The van der Waals surface area contributed by atoms with Crippen molar-refractivity contribution in [2.24, 2.45) is 0 Å². The number of para-hydroxylation sites is 1. The van der Waals surface area contributed by atoms with E-state index in [0.717, 1.165) is 0 Å². The van der Waals surface area contributed by atoms with E-state index in [1.165, 1.54) is 13.2 Å². The quantitative estimate of drug-likeness (QED) is 0.754. The lowest BCUT2D eigenvalue weighted by Gasteiger charge is -2.10. The highest BCUT2D eigenvalue weighted by molar-refractivity contribution is 6.01. The van der Waals surface area contributed by atoms with Crippen molar-refractivity contribution < 1.29 is 28.6 Å². The molecule has 0 heterocycles. The Morgan fingerprint density at radius 1 is 1.10 bits per heavy atom. The van der Waals surface area contributed by atoms with Crippen LogP contribution in [0.2, 0.25) is 0 Å². The maximum absolute atomic E-state index is 11.7. The van der Waals surface area contributed by atoms with Crippen LogP contribution in [0.25, 0.3) is 0 Å². The van der Waals surface area contributed by atoms with E-state index in [1.54, 1.807) is 25.1 Å². The minimum absolute atomic E-state index is 0.229. The topological polar surface area (TPSA) is 90.9 Å². The first kappa shape index (κ1) is 16.6. The first-order valence-corrected chi connectivity index (χ1v) is 6.29. The minimum atomic E-state index is -0.647. The summed E-state index contributed by atoms with van der Waals surface area (Å²) in [5, 5.41) is 2.49. The number of esters is 2. The van der Waals surface area contributed by atoms with Crippen LogP contribution in [0.4, 0.5) is 5.69 Å². The summed E-state index contributed by atoms with van der Waals surface area (Å²) >= 11 is 0. The molecule has 0 aliphatic rings. The minimum Gasteiger partial charge on any atom is -0.462 e. The third-order valence-electron chi connectivity index (χ3n) is 2.32. The molecule has 0 saturated heterocycles. The molecule has 0 spiro atoms. The van der Waals surface area contributed by atoms with Crippen LogP contribution in [0.3, 0.4) is 0 Å². The van der Waals surface area contributed by atoms with Crippen LogP contribution in [0.1, 0.15) is 17.3 Å². The molecule has 1 aromatic carbocycles. The standard InChI is InChI=1S/C14H17NO6/c1-3-20-14(18)10-6-4-5-7-11(10)15-12(16)8-21-13(17)9-19-2/h4-7H,3,8-9H2,1-2H3,(H,15,16). The number of hydrogen-bond acceptors (Lipinski definition) is 6. The summed E-state index contributed by atoms with van der Waals surface area (Å²) in [6.45, 7) is 1.23. The fraction of sp³-hybridized carbons (Fsp3) is 0.357. The number of amides is 1. The predicted octanol–water partition coefficient (Wildman–Crippen LogP) is 0.991. The molecule has 7 heteroatoms. The molecule has 1 amide bonds. The van der Waals surface area contributed by atoms with Crippen molar-refractivity contribution in [2.45, 2.75) is 6.92 Å². The SMILES string of the molecule is CCOC(=O)c1ccccc1NC(=O)COC(=O)COC. The van der Waals surface area contributed by atoms with E-state index in [4.69, 9.17) is 4.74 Å². The number of hydrogen-bond donors (Lipinski definition) is 1. The first-order valence-electron chi connectivity index (χ1n) is 6.29. The zero-order valence-electron chi connectivity index (χ0n) is 11.9. The van der Waals surface area contributed by atoms with E-state index < -0.39 is 24.5 Å². The molecule has 0 radical (unpaired) electrons. The highest BCUT2D eigenvalue weighted by Crippen LogP contribution is 2.16. The van der Waals surface area contributed by atoms with E-state index >= 15 is 0 Å². The molecule has 1 aromatic rings. The van der Waals surface area contributed by atoms with E-state index in [2.05, 4.69) is 14.8 Å². The average molecular weight is 295 g/mol. The maximum Gasteiger partial charge on any atom is 0.340 e. The van der Waals surface area contributed by atoms with Crippen molar-refractivity contribution >= 4 is 23.5 Å². The summed E-state index contributed by atoms with van der Waals surface area (Å²) in [6, 6.07) is 6.40. The largest absolute Gasteiger partial charge is 0.462 e. The number of ether oxygens (including phenoxy) is 3. The third kappa shape index (κ3) is 5.62. The van der Waals surface area contributed by atoms with Gasteiger partial charge in [0, 0.05) is 7.11 Å². The lowest BCUT2D eigenvalue weighted by molar-refractivity contribution is -0.150. The Morgan fingerprint density at radius 3 is 2.48 bits per heavy atom. The Labute approximate surface area is 122 Å². The van der Waals surface area contributed by atoms with Gasteiger partial charge in [-0.3, -0.25) is 4.79 Å². The second kappa shape index (κ2) is 8.70. The summed E-state index contributed by atoms with van der Waals surface area (Å²) < 4.78 is 14.1. The maximum atomic E-state index is 11.7. The molecule has 7 nitrogen and oxygen atoms in total. The van der Waals surface area contributed by atoms with Gasteiger partial charge in [0.25, 0.3) is 5.91 Å². The smallest absolute Gasteiger partial charge is 0.340 e. The molecule has 1 rings (SSSR count). The molecule has 0 unspecified atom stereocenters. The Morgan fingerprint density at radius 2 is 1.81 bits per heavy atom. The van der Waals surface area contributed by atoms with Gasteiger partial charge in [0.15, 0.2) is 6.61 Å². The van der Waals surface area contributed by atoms with Gasteiger partial charge >= 0.3 is 11.9 Å². The van der Waals surface area contributed by atoms with Gasteiger partial charge in [0.1, 0.15) is 6.61 Å². The van der Waals surface area contributed by atoms with Crippen LogP contribution in [-0.2, 0) is 23.8 Å². The van der Waals surface area contributed by atoms with Crippen LogP contribution in [0.15, 0.2) is 24.3 Å². The average Bonchev–Trinajstić information content (AvgIpc) is 2.46. The number of nitrogens with one attached hydrogen (secondary N) is 1. The Balaban J connectivity index is 2.64. The van der Waals surface area contributed by atoms with Gasteiger partial charge in [-0.05, 0) is 19.1 Å². The van der Waals surface area contributed by atoms with Crippen molar-refractivity contribution in [1.82, 2.24) is 0 Å². The number of carbonyl (C=O) groups excluding carboxylic acids is 3. The van der Waals surface area contributed by atoms with Crippen molar-refractivity contribution in [1.29, 1.82) is 0 Å². The molecule has 0 bridgehead atoms. The van der Waals surface area contributed by atoms with Crippen LogP contribution < -0.4 is 5.32 Å². The van der Waals surface area contributed by atoms with E-state index in [9.17, 15) is 14.4 Å². The monoisotopic (exact) mass is 295 g/mol. The second-order valence-corrected chi connectivity index (χ2v) is 3.91. The molecule has 0 aliphatic heterocycles. The molecule has 0 fully saturated rings. The van der Waals surface area contributed by atoms with Crippen LogP contribution in [0.5, 0.6) is 0 Å². The molecule has 0 atom stereocenters. The van der Waals surface area contributed by atoms with E-state index in [-0.39, 0.29) is 18.8 Å². The van der Waals surface area contributed by atoms with Crippen molar-refractivity contribution in [3.63, 3.8) is 0 Å². The first-order chi connectivity index (χ1) is 10.1. The molecule has 0 aliphatic carbocycles. The lowest BCUT2D eigenvalue weighted by Crippen LogP contribution is -2.23. The fourth-order valence-electron chi connectivity index (χ4n) is 1.47. The van der Waals surface area contributed by atoms with E-state index in [1.807, 2.05) is 0 Å². The summed E-state index contributed by atoms with van der Waals surface area (Å²) in [4.78, 5) is 34.5. The fourth-order valence-corrected chi connectivity index (χ4v) is 1.47. The van der Waals surface area contributed by atoms with Crippen molar-refractivity contribution in [3.05, 3.63) is 29.8 Å². The highest BCUT2D eigenvalue weighted by atomic mass is 16.6. The third-order valence-corrected chi connectivity index (χ3v) is 2.32. The second-order valence-electron chi connectivity index (χ2n) is 3.91. The van der Waals surface area contributed by atoms with Gasteiger partial charge < -0.3 is 19.5 Å². The van der Waals surface area contributed by atoms with Gasteiger partial charge in [-0.1, -0.05) is 12.1 Å². The van der Waals surface area contributed by atoms with E-state index in [0.29, 0.717) is 5.69 Å². The molecule has 1 N–H and O–H groups in total. The molecular weight excluding hydrogens is 278 g/mol. The van der Waals surface area contributed by atoms with Gasteiger partial charge in [-0.2, -0.15) is 0 Å². The summed E-state index contributed by atoms with van der Waals surface area (Å²) in [7, 11) is 1.34. The molecule has 21 heavy (non-hydrogen) atoms. The Kier molecular flexibility index (Phi) is 6.90. The van der Waals surface area contributed by atoms with Crippen LogP contribution >= 0.6 is 0 Å². The van der Waals surface area contributed by atoms with Gasteiger partial charge in [0.05, 0.1) is 17.9 Å². The summed E-state index contributed by atoms with van der Waals surface area (Å²) in [5.74, 6) is -1.74. The predicted molar refractivity (Wildman–Crippen MR) is 73.9 cm³/mol. The normalized spacial score (nSPS) is 9.81. The van der Waals surface area contributed by atoms with Gasteiger partial charge in [0.2, 0.25) is 0 Å². The lowest BCUT2D eigenvalue weighted by atomic mass is 10.2. The number of carbonyl (C=O) groups is 3. The van der Waals surface area contributed by atoms with Gasteiger partial charge in [-0.15, -0.1) is 0 Å². The highest BCUT2D eigenvalue weighted by Gasteiger charge is 2.14. The van der Waals surface area contributed by atoms with Crippen molar-refractivity contribution in [3.8, 4) is 0 Å². The Bertz CT molecular complexity index is 514. The number of anilines is 1. The number of methoxy groups -OCH3 is 1. The zero-order valence-corrected chi connectivity index (χ0v) is 11.9. The number of benzene rings is 1. The van der Waals surface area contributed by atoms with Gasteiger partial charge in [-0.25, -0.2) is 9.59 Å². The molecular formula is C14H17NO6. The van der Waals surface area contributed by atoms with Crippen LogP contribution in [0, 0.1) is 0 Å².